The number of rotatable bonds is 5. The Morgan fingerprint density at radius 3 is 2.87 bits per heavy atom. The van der Waals surface area contributed by atoms with Crippen LogP contribution < -0.4 is 5.73 Å². The molecule has 4 heterocycles. The number of nitrogens with zero attached hydrogens (tertiary/aromatic N) is 5. The van der Waals surface area contributed by atoms with Gasteiger partial charge in [0.05, 0.1) is 17.5 Å². The van der Waals surface area contributed by atoms with Crippen molar-refractivity contribution in [3.8, 4) is 0 Å². The highest BCUT2D eigenvalue weighted by atomic mass is 16.3. The third kappa shape index (κ3) is 3.10. The van der Waals surface area contributed by atoms with Gasteiger partial charge in [0.1, 0.15) is 23.4 Å². The summed E-state index contributed by atoms with van der Waals surface area (Å²) in [6.07, 6.45) is 12.9. The van der Waals surface area contributed by atoms with Crippen LogP contribution in [0.15, 0.2) is 43.1 Å². The predicted molar refractivity (Wildman–Crippen MR) is 120 cm³/mol. The Bertz CT molecular complexity index is 1260. The fourth-order valence-electron chi connectivity index (χ4n) is 5.44. The minimum atomic E-state index is -0.396. The Labute approximate surface area is 181 Å². The topological polar surface area (TPSA) is 94.3 Å². The van der Waals surface area contributed by atoms with Crippen molar-refractivity contribution in [2.24, 2.45) is 11.8 Å². The van der Waals surface area contributed by atoms with Gasteiger partial charge in [-0.2, -0.15) is 0 Å². The highest BCUT2D eigenvalue weighted by Crippen LogP contribution is 2.43. The number of aryl methyl sites for hydroxylation is 1. The lowest BCUT2D eigenvalue weighted by molar-refractivity contribution is 0.0948. The van der Waals surface area contributed by atoms with Gasteiger partial charge in [0, 0.05) is 30.2 Å². The van der Waals surface area contributed by atoms with E-state index in [-0.39, 0.29) is 12.0 Å². The number of nitrogens with two attached hydrogens (primary N) is 1. The molecular weight excluding hydrogens is 388 g/mol. The number of nitrogen functional groups attached to an aromatic ring is 1. The molecular formula is C24H28N6O. The van der Waals surface area contributed by atoms with E-state index in [1.54, 1.807) is 0 Å². The van der Waals surface area contributed by atoms with Gasteiger partial charge in [-0.25, -0.2) is 15.0 Å². The maximum absolute atomic E-state index is 11.0. The molecule has 2 aliphatic rings. The molecule has 7 nitrogen and oxygen atoms in total. The molecule has 2 aliphatic carbocycles. The molecule has 3 N–H and O–H groups in total. The average Bonchev–Trinajstić information content (AvgIpc) is 3.28. The van der Waals surface area contributed by atoms with Crippen LogP contribution in [0, 0.1) is 11.8 Å². The van der Waals surface area contributed by atoms with Crippen LogP contribution in [-0.2, 0) is 6.42 Å². The molecule has 4 aromatic rings. The van der Waals surface area contributed by atoms with Crippen molar-refractivity contribution in [2.45, 2.75) is 57.1 Å². The normalized spacial score (nSPS) is 26.3. The summed E-state index contributed by atoms with van der Waals surface area (Å²) >= 11 is 0. The van der Waals surface area contributed by atoms with Gasteiger partial charge in [-0.3, -0.25) is 0 Å². The fraction of sp³-hybridized carbons (Fsp3) is 0.458. The number of anilines is 1. The Balaban J connectivity index is 1.19. The molecule has 160 valence electrons. The summed E-state index contributed by atoms with van der Waals surface area (Å²) in [5, 5.41) is 11.9. The molecule has 7 heteroatoms. The van der Waals surface area contributed by atoms with Gasteiger partial charge in [0.15, 0.2) is 0 Å². The van der Waals surface area contributed by atoms with E-state index < -0.39 is 6.10 Å². The van der Waals surface area contributed by atoms with Gasteiger partial charge >= 0.3 is 0 Å². The van der Waals surface area contributed by atoms with Crippen LogP contribution in [-0.4, -0.2) is 35.1 Å². The monoisotopic (exact) mass is 416 g/mol. The number of imidazole rings is 1. The second-order valence-corrected chi connectivity index (χ2v) is 9.39. The van der Waals surface area contributed by atoms with Crippen molar-refractivity contribution in [1.82, 2.24) is 23.9 Å². The van der Waals surface area contributed by atoms with Crippen LogP contribution >= 0.6 is 0 Å². The predicted octanol–water partition coefficient (Wildman–Crippen LogP) is 3.73. The molecule has 6 rings (SSSR count). The van der Waals surface area contributed by atoms with Crippen LogP contribution in [0.2, 0.25) is 0 Å². The van der Waals surface area contributed by atoms with E-state index >= 15 is 0 Å². The van der Waals surface area contributed by atoms with E-state index in [4.69, 9.17) is 5.73 Å². The molecule has 4 aromatic heterocycles. The number of pyridine rings is 1. The Hall–Kier alpha value is -2.93. The molecule has 0 aliphatic heterocycles. The largest absolute Gasteiger partial charge is 0.391 e. The molecule has 0 bridgehead atoms. The van der Waals surface area contributed by atoms with Gasteiger partial charge in [0.2, 0.25) is 0 Å². The van der Waals surface area contributed by atoms with Crippen LogP contribution in [0.4, 0.5) is 5.82 Å². The fourth-order valence-corrected chi connectivity index (χ4v) is 5.44. The standard InChI is InChI=1S/C24H28N6O/c1-14-17(3-2-15-6-8-29-20(16-4-5-16)12-26-21(29)10-15)11-19(22(14)31)30-9-7-18-23(25)27-13-28-24(18)30/h6-10,12-14,16-17,19,22,31H,2-5,11H2,1H3,(H2,25,27,28)/t14-,17+,19-,22-/m1/s1. The zero-order valence-electron chi connectivity index (χ0n) is 17.7. The zero-order chi connectivity index (χ0) is 21.1. The third-order valence-electron chi connectivity index (χ3n) is 7.52. The number of aliphatic hydroxyl groups is 1. The molecule has 2 saturated carbocycles. The van der Waals surface area contributed by atoms with E-state index in [1.165, 1.54) is 30.4 Å². The van der Waals surface area contributed by atoms with E-state index in [9.17, 15) is 5.11 Å². The molecule has 4 atom stereocenters. The van der Waals surface area contributed by atoms with Crippen LogP contribution in [0.1, 0.15) is 55.8 Å². The lowest BCUT2D eigenvalue weighted by Gasteiger charge is -2.19. The van der Waals surface area contributed by atoms with E-state index in [0.717, 1.165) is 35.9 Å². The lowest BCUT2D eigenvalue weighted by atomic mass is 9.91. The minimum Gasteiger partial charge on any atom is -0.391 e. The number of aliphatic hydroxyl groups excluding tert-OH is 1. The summed E-state index contributed by atoms with van der Waals surface area (Å²) in [4.78, 5) is 13.1. The Morgan fingerprint density at radius 2 is 2.03 bits per heavy atom. The van der Waals surface area contributed by atoms with Crippen molar-refractivity contribution in [1.29, 1.82) is 0 Å². The maximum Gasteiger partial charge on any atom is 0.145 e. The maximum atomic E-state index is 11.0. The molecule has 0 amide bonds. The highest BCUT2D eigenvalue weighted by molar-refractivity contribution is 5.86. The quantitative estimate of drug-likeness (QED) is 0.517. The van der Waals surface area contributed by atoms with Crippen LogP contribution in [0.5, 0.6) is 0 Å². The summed E-state index contributed by atoms with van der Waals surface area (Å²) < 4.78 is 4.33. The second kappa shape index (κ2) is 7.05. The highest BCUT2D eigenvalue weighted by Gasteiger charge is 2.40. The molecule has 0 radical (unpaired) electrons. The summed E-state index contributed by atoms with van der Waals surface area (Å²) in [5.41, 5.74) is 10.5. The van der Waals surface area contributed by atoms with Crippen LogP contribution in [0.25, 0.3) is 16.7 Å². The van der Waals surface area contributed by atoms with Gasteiger partial charge in [0.25, 0.3) is 0 Å². The van der Waals surface area contributed by atoms with Gasteiger partial charge in [-0.1, -0.05) is 6.92 Å². The average molecular weight is 417 g/mol. The lowest BCUT2D eigenvalue weighted by Crippen LogP contribution is -2.23. The second-order valence-electron chi connectivity index (χ2n) is 9.39. The van der Waals surface area contributed by atoms with E-state index in [1.807, 2.05) is 18.5 Å². The Morgan fingerprint density at radius 1 is 1.16 bits per heavy atom. The molecule has 31 heavy (non-hydrogen) atoms. The third-order valence-corrected chi connectivity index (χ3v) is 7.52. The van der Waals surface area contributed by atoms with E-state index in [0.29, 0.717) is 17.7 Å². The van der Waals surface area contributed by atoms with Gasteiger partial charge < -0.3 is 19.8 Å². The van der Waals surface area contributed by atoms with Gasteiger partial charge in [-0.15, -0.1) is 0 Å². The number of fused-ring (bicyclic) bond motifs is 2. The molecule has 0 saturated heterocycles. The first-order valence-corrected chi connectivity index (χ1v) is 11.3. The first-order chi connectivity index (χ1) is 15.1. The summed E-state index contributed by atoms with van der Waals surface area (Å²) in [7, 11) is 0. The Kier molecular flexibility index (Phi) is 4.28. The SMILES string of the molecule is C[C@@H]1[C@@H](CCc2ccn3c(C4CC4)cnc3c2)C[C@@H](n2ccc3c(N)ncnc32)[C@@H]1O. The molecule has 2 fully saturated rings. The smallest absolute Gasteiger partial charge is 0.145 e. The number of aromatic nitrogens is 5. The van der Waals surface area contributed by atoms with Gasteiger partial charge in [-0.05, 0) is 67.7 Å². The van der Waals surface area contributed by atoms with Crippen molar-refractivity contribution < 1.29 is 5.11 Å². The van der Waals surface area contributed by atoms with Crippen molar-refractivity contribution in [2.75, 3.05) is 5.73 Å². The van der Waals surface area contributed by atoms with Crippen molar-refractivity contribution >= 4 is 22.5 Å². The van der Waals surface area contributed by atoms with Crippen molar-refractivity contribution in [3.05, 3.63) is 54.4 Å². The summed E-state index contributed by atoms with van der Waals surface area (Å²) in [6.45, 7) is 2.17. The summed E-state index contributed by atoms with van der Waals surface area (Å²) in [5.74, 6) is 1.87. The number of hydrogen-bond donors (Lipinski definition) is 2. The summed E-state index contributed by atoms with van der Waals surface area (Å²) in [6, 6.07) is 6.42. The molecule has 0 aromatic carbocycles. The number of hydrogen-bond acceptors (Lipinski definition) is 5. The van der Waals surface area contributed by atoms with E-state index in [2.05, 4.69) is 49.2 Å². The zero-order valence-corrected chi connectivity index (χ0v) is 17.7. The van der Waals surface area contributed by atoms with Crippen molar-refractivity contribution in [3.63, 3.8) is 0 Å². The van der Waals surface area contributed by atoms with Crippen LogP contribution in [0.3, 0.4) is 0 Å². The molecule has 0 unspecified atom stereocenters. The first-order valence-electron chi connectivity index (χ1n) is 11.3. The minimum absolute atomic E-state index is 0.0164. The molecule has 0 spiro atoms. The first kappa shape index (κ1) is 18.8.